The van der Waals surface area contributed by atoms with Crippen molar-refractivity contribution in [3.63, 3.8) is 0 Å². The lowest BCUT2D eigenvalue weighted by molar-refractivity contribution is 0.121. The molecule has 6 nitrogen and oxygen atoms in total. The van der Waals surface area contributed by atoms with E-state index in [1.54, 1.807) is 32.3 Å². The zero-order chi connectivity index (χ0) is 17.3. The van der Waals surface area contributed by atoms with Crippen molar-refractivity contribution >= 4 is 14.8 Å². The zero-order valence-electron chi connectivity index (χ0n) is 14.0. The smallest absolute Gasteiger partial charge is 0.377 e. The van der Waals surface area contributed by atoms with Gasteiger partial charge in [-0.3, -0.25) is 0 Å². The van der Waals surface area contributed by atoms with Crippen LogP contribution in [0.25, 0.3) is 0 Å². The molecule has 128 valence electrons. The topological polar surface area (TPSA) is 74.0 Å². The number of primary amides is 1. The van der Waals surface area contributed by atoms with E-state index >= 15 is 0 Å². The molecule has 0 heterocycles. The van der Waals surface area contributed by atoms with E-state index in [9.17, 15) is 4.79 Å². The maximum Gasteiger partial charge on any atom is 0.500 e. The molecule has 0 saturated carbocycles. The lowest BCUT2D eigenvalue weighted by atomic mass is 10.1. The van der Waals surface area contributed by atoms with Gasteiger partial charge < -0.3 is 23.9 Å². The molecule has 0 aliphatic carbocycles. The molecule has 0 saturated heterocycles. The summed E-state index contributed by atoms with van der Waals surface area (Å²) in [6, 6.07) is 9.50. The van der Waals surface area contributed by atoms with Crippen LogP contribution in [0.15, 0.2) is 43.0 Å². The van der Waals surface area contributed by atoms with E-state index in [0.29, 0.717) is 19.0 Å². The number of urea groups is 1. The third-order valence-corrected chi connectivity index (χ3v) is 6.63. The summed E-state index contributed by atoms with van der Waals surface area (Å²) in [5.74, 6) is 0. The molecule has 0 aliphatic rings. The summed E-state index contributed by atoms with van der Waals surface area (Å²) in [5, 5.41) is 0. The average molecular weight is 338 g/mol. The van der Waals surface area contributed by atoms with Gasteiger partial charge in [-0.05, 0) is 12.0 Å². The molecule has 2 N–H and O–H groups in total. The normalized spacial score (nSPS) is 12.7. The number of nitrogens with two attached hydrogens (primary N) is 1. The maximum atomic E-state index is 11.9. The van der Waals surface area contributed by atoms with Gasteiger partial charge in [-0.2, -0.15) is 0 Å². The molecule has 0 aliphatic heterocycles. The van der Waals surface area contributed by atoms with E-state index in [1.165, 1.54) is 0 Å². The number of hydrogen-bond donors (Lipinski definition) is 1. The molecular weight excluding hydrogens is 312 g/mol. The first-order valence-electron chi connectivity index (χ1n) is 7.42. The number of benzene rings is 1. The average Bonchev–Trinajstić information content (AvgIpc) is 2.59. The minimum absolute atomic E-state index is 0.266. The van der Waals surface area contributed by atoms with Crippen molar-refractivity contribution in [1.82, 2.24) is 4.90 Å². The number of hydrogen-bond acceptors (Lipinski definition) is 4. The van der Waals surface area contributed by atoms with E-state index in [2.05, 4.69) is 6.58 Å². The van der Waals surface area contributed by atoms with Crippen molar-refractivity contribution in [3.05, 3.63) is 48.6 Å². The largest absolute Gasteiger partial charge is 0.500 e. The van der Waals surface area contributed by atoms with Crippen LogP contribution >= 0.6 is 0 Å². The summed E-state index contributed by atoms with van der Waals surface area (Å²) in [5.41, 5.74) is 6.52. The number of rotatable bonds is 10. The van der Waals surface area contributed by atoms with E-state index < -0.39 is 14.8 Å². The van der Waals surface area contributed by atoms with E-state index in [0.717, 1.165) is 5.56 Å². The molecule has 1 aromatic carbocycles. The monoisotopic (exact) mass is 338 g/mol. The Morgan fingerprint density at radius 3 is 2.26 bits per heavy atom. The van der Waals surface area contributed by atoms with Crippen LogP contribution in [0.1, 0.15) is 18.0 Å². The van der Waals surface area contributed by atoms with Crippen LogP contribution in [0.3, 0.4) is 0 Å². The summed E-state index contributed by atoms with van der Waals surface area (Å²) in [6.07, 6.45) is 2.37. The molecule has 1 aromatic rings. The van der Waals surface area contributed by atoms with Crippen LogP contribution < -0.4 is 5.73 Å². The fraction of sp³-hybridized carbons (Fsp3) is 0.438. The van der Waals surface area contributed by atoms with Crippen LogP contribution in [-0.4, -0.2) is 47.6 Å². The molecule has 0 fully saturated rings. The SMILES string of the molecule is C=CC(c1ccccc1)N(CCC[Si](OC)(OC)OC)C(N)=O. The molecule has 23 heavy (non-hydrogen) atoms. The van der Waals surface area contributed by atoms with Gasteiger partial charge in [0.1, 0.15) is 0 Å². The Balaban J connectivity index is 2.79. The van der Waals surface area contributed by atoms with E-state index in [-0.39, 0.29) is 6.04 Å². The lowest BCUT2D eigenvalue weighted by Crippen LogP contribution is -2.44. The van der Waals surface area contributed by atoms with Crippen LogP contribution in [-0.2, 0) is 13.3 Å². The van der Waals surface area contributed by atoms with Gasteiger partial charge in [0.05, 0.1) is 6.04 Å². The van der Waals surface area contributed by atoms with Crippen LogP contribution in [0.5, 0.6) is 0 Å². The third kappa shape index (κ3) is 5.17. The van der Waals surface area contributed by atoms with Crippen molar-refractivity contribution in [3.8, 4) is 0 Å². The summed E-state index contributed by atoms with van der Waals surface area (Å²) in [6.45, 7) is 4.30. The quantitative estimate of drug-likeness (QED) is 0.525. The van der Waals surface area contributed by atoms with Crippen molar-refractivity contribution in [1.29, 1.82) is 0 Å². The van der Waals surface area contributed by atoms with Gasteiger partial charge in [0.15, 0.2) is 0 Å². The van der Waals surface area contributed by atoms with Gasteiger partial charge in [0, 0.05) is 33.9 Å². The van der Waals surface area contributed by atoms with E-state index in [4.69, 9.17) is 19.0 Å². The minimum atomic E-state index is -2.65. The number of amides is 2. The van der Waals surface area contributed by atoms with Crippen molar-refractivity contribution in [2.75, 3.05) is 27.9 Å². The molecule has 1 unspecified atom stereocenters. The second-order valence-electron chi connectivity index (χ2n) is 5.02. The zero-order valence-corrected chi connectivity index (χ0v) is 15.0. The minimum Gasteiger partial charge on any atom is -0.377 e. The summed E-state index contributed by atoms with van der Waals surface area (Å²) < 4.78 is 16.2. The molecular formula is C16H26N2O4Si. The molecule has 0 aromatic heterocycles. The standard InChI is InChI=1S/C16H26N2O4Si/c1-5-15(14-10-7-6-8-11-14)18(16(17)19)12-9-13-23(20-2,21-3)22-4/h5-8,10-11,15H,1,9,12-13H2,2-4H3,(H2,17,19). The molecule has 2 amide bonds. The van der Waals surface area contributed by atoms with Crippen molar-refractivity contribution in [2.24, 2.45) is 5.73 Å². The van der Waals surface area contributed by atoms with Gasteiger partial charge in [0.25, 0.3) is 0 Å². The summed E-state index contributed by atoms with van der Waals surface area (Å²) in [4.78, 5) is 13.4. The molecule has 0 bridgehead atoms. The highest BCUT2D eigenvalue weighted by Gasteiger charge is 2.37. The Hall–Kier alpha value is -1.67. The van der Waals surface area contributed by atoms with Crippen LogP contribution in [0, 0.1) is 0 Å². The highest BCUT2D eigenvalue weighted by Crippen LogP contribution is 2.23. The van der Waals surface area contributed by atoms with E-state index in [1.807, 2.05) is 30.3 Å². The number of carbonyl (C=O) groups is 1. The Labute approximate surface area is 139 Å². The Bertz CT molecular complexity index is 486. The molecule has 0 radical (unpaired) electrons. The van der Waals surface area contributed by atoms with Gasteiger partial charge >= 0.3 is 14.8 Å². The Morgan fingerprint density at radius 2 is 1.83 bits per heavy atom. The highest BCUT2D eigenvalue weighted by molar-refractivity contribution is 6.60. The molecule has 0 spiro atoms. The third-order valence-electron chi connectivity index (χ3n) is 3.80. The molecule has 1 atom stereocenters. The Morgan fingerprint density at radius 1 is 1.26 bits per heavy atom. The predicted molar refractivity (Wildman–Crippen MR) is 91.9 cm³/mol. The fourth-order valence-electron chi connectivity index (χ4n) is 2.50. The second-order valence-corrected chi connectivity index (χ2v) is 8.11. The first kappa shape index (κ1) is 19.4. The predicted octanol–water partition coefficient (Wildman–Crippen LogP) is 2.56. The van der Waals surface area contributed by atoms with Gasteiger partial charge in [-0.15, -0.1) is 6.58 Å². The maximum absolute atomic E-state index is 11.9. The number of carbonyl (C=O) groups excluding carboxylic acids is 1. The highest BCUT2D eigenvalue weighted by atomic mass is 28.4. The second kappa shape index (κ2) is 9.46. The van der Waals surface area contributed by atoms with Gasteiger partial charge in [-0.25, -0.2) is 4.79 Å². The Kier molecular flexibility index (Phi) is 7.97. The first-order valence-corrected chi connectivity index (χ1v) is 9.35. The lowest BCUT2D eigenvalue weighted by Gasteiger charge is -2.30. The van der Waals surface area contributed by atoms with Crippen LogP contribution in [0.4, 0.5) is 4.79 Å². The van der Waals surface area contributed by atoms with Crippen molar-refractivity contribution in [2.45, 2.75) is 18.5 Å². The van der Waals surface area contributed by atoms with Gasteiger partial charge in [0.2, 0.25) is 0 Å². The summed E-state index contributed by atoms with van der Waals surface area (Å²) in [7, 11) is 2.07. The first-order chi connectivity index (χ1) is 11.0. The van der Waals surface area contributed by atoms with Crippen molar-refractivity contribution < 1.29 is 18.1 Å². The van der Waals surface area contributed by atoms with Gasteiger partial charge in [-0.1, -0.05) is 36.4 Å². The fourth-order valence-corrected chi connectivity index (χ4v) is 4.21. The number of nitrogens with zero attached hydrogens (tertiary/aromatic N) is 1. The van der Waals surface area contributed by atoms with Crippen LogP contribution in [0.2, 0.25) is 6.04 Å². The summed E-state index contributed by atoms with van der Waals surface area (Å²) >= 11 is 0. The molecule has 7 heteroatoms. The molecule has 1 rings (SSSR count).